The Bertz CT molecular complexity index is 871. The average Bonchev–Trinajstić information content (AvgIpc) is 3.05. The number of likely N-dealkylation sites (tertiary alicyclic amines) is 1. The Balaban J connectivity index is 1.46. The summed E-state index contributed by atoms with van der Waals surface area (Å²) in [5, 5.41) is 34.0. The van der Waals surface area contributed by atoms with E-state index in [-0.39, 0.29) is 18.0 Å². The van der Waals surface area contributed by atoms with Gasteiger partial charge < -0.3 is 20.4 Å². The van der Waals surface area contributed by atoms with Crippen LogP contribution in [0.25, 0.3) is 0 Å². The number of halogens is 1. The summed E-state index contributed by atoms with van der Waals surface area (Å²) < 4.78 is 0. The van der Waals surface area contributed by atoms with Gasteiger partial charge in [0.2, 0.25) is 0 Å². The lowest BCUT2D eigenvalue weighted by atomic mass is 9.48. The molecule has 1 saturated heterocycles. The summed E-state index contributed by atoms with van der Waals surface area (Å²) in [7, 11) is 0. The number of anilines is 1. The van der Waals surface area contributed by atoms with Crippen LogP contribution in [0.5, 0.6) is 0 Å². The van der Waals surface area contributed by atoms with Gasteiger partial charge in [0, 0.05) is 12.7 Å². The van der Waals surface area contributed by atoms with Crippen molar-refractivity contribution in [2.45, 2.75) is 56.2 Å². The third-order valence-electron chi connectivity index (χ3n) is 7.70. The summed E-state index contributed by atoms with van der Waals surface area (Å²) in [6.07, 6.45) is 5.93. The average molecular weight is 417 g/mol. The highest BCUT2D eigenvalue weighted by Crippen LogP contribution is 2.60. The maximum absolute atomic E-state index is 12.0. The van der Waals surface area contributed by atoms with Crippen molar-refractivity contribution >= 4 is 23.5 Å². The van der Waals surface area contributed by atoms with Crippen molar-refractivity contribution < 1.29 is 15.0 Å². The van der Waals surface area contributed by atoms with Gasteiger partial charge in [0.25, 0.3) is 0 Å². The molecule has 4 bridgehead atoms. The molecule has 1 aromatic rings. The molecule has 2 heterocycles. The molecule has 5 unspecified atom stereocenters. The van der Waals surface area contributed by atoms with Crippen molar-refractivity contribution in [3.8, 4) is 6.07 Å². The van der Waals surface area contributed by atoms with Crippen molar-refractivity contribution in [2.75, 3.05) is 11.9 Å². The molecule has 5 aliphatic rings. The fourth-order valence-corrected chi connectivity index (χ4v) is 7.22. The minimum atomic E-state index is -0.892. The second-order valence-electron chi connectivity index (χ2n) is 9.44. The van der Waals surface area contributed by atoms with E-state index in [4.69, 9.17) is 11.6 Å². The predicted molar refractivity (Wildman–Crippen MR) is 107 cm³/mol. The lowest BCUT2D eigenvalue weighted by Crippen LogP contribution is -2.61. The maximum Gasteiger partial charge on any atom is 0.407 e. The molecule has 7 nitrogen and oxygen atoms in total. The first-order chi connectivity index (χ1) is 13.9. The van der Waals surface area contributed by atoms with Gasteiger partial charge in [-0.25, -0.2) is 9.78 Å². The molecule has 0 spiro atoms. The van der Waals surface area contributed by atoms with Gasteiger partial charge >= 0.3 is 6.09 Å². The molecular weight excluding hydrogens is 392 g/mol. The number of carbonyl (C=O) groups is 1. The Kier molecular flexibility index (Phi) is 4.41. The van der Waals surface area contributed by atoms with Crippen LogP contribution in [-0.2, 0) is 0 Å². The summed E-state index contributed by atoms with van der Waals surface area (Å²) in [4.78, 5) is 17.9. The second-order valence-corrected chi connectivity index (χ2v) is 9.88. The first-order valence-corrected chi connectivity index (χ1v) is 10.8. The highest BCUT2D eigenvalue weighted by Gasteiger charge is 2.59. The maximum atomic E-state index is 12.0. The van der Waals surface area contributed by atoms with Gasteiger partial charge in [-0.2, -0.15) is 5.26 Å². The molecule has 4 aliphatic carbocycles. The zero-order valence-corrected chi connectivity index (χ0v) is 16.8. The number of aromatic nitrogens is 1. The molecule has 7 atom stereocenters. The smallest absolute Gasteiger partial charge is 0.407 e. The van der Waals surface area contributed by atoms with Gasteiger partial charge in [0.15, 0.2) is 0 Å². The number of aliphatic hydroxyl groups is 1. The third kappa shape index (κ3) is 3.13. The highest BCUT2D eigenvalue weighted by molar-refractivity contribution is 6.30. The van der Waals surface area contributed by atoms with E-state index >= 15 is 0 Å². The highest BCUT2D eigenvalue weighted by atomic mass is 35.5. The molecule has 4 saturated carbocycles. The number of nitriles is 1. The fraction of sp³-hybridized carbons (Fsp3) is 0.667. The Hall–Kier alpha value is -2.04. The van der Waals surface area contributed by atoms with Crippen LogP contribution >= 0.6 is 11.6 Å². The Morgan fingerprint density at radius 3 is 2.69 bits per heavy atom. The molecule has 3 N–H and O–H groups in total. The van der Waals surface area contributed by atoms with Gasteiger partial charge in [-0.3, -0.25) is 0 Å². The summed E-state index contributed by atoms with van der Waals surface area (Å²) >= 11 is 5.97. The second kappa shape index (κ2) is 6.75. The van der Waals surface area contributed by atoms with E-state index in [9.17, 15) is 20.3 Å². The van der Waals surface area contributed by atoms with Crippen LogP contribution in [-0.4, -0.2) is 50.4 Å². The van der Waals surface area contributed by atoms with E-state index in [1.54, 1.807) is 11.0 Å². The standard InChI is InChI=1S/C21H25ClN4O3/c22-15-5-14(9-23)19(24-10-15)25-16-1-2-26(20(27)28)18(16)17-12-3-11-4-13(17)8-21(29,6-11)7-12/h5,10-13,16-18,29H,1-4,6-8H2,(H,24,25)(H,27,28)/t11?,12-,13?,16?,17?,18-,21?/m0/s1. The largest absolute Gasteiger partial charge is 0.465 e. The van der Waals surface area contributed by atoms with Crippen LogP contribution in [0, 0.1) is 35.0 Å². The molecule has 1 amide bonds. The van der Waals surface area contributed by atoms with Crippen molar-refractivity contribution in [2.24, 2.45) is 23.7 Å². The number of amides is 1. The normalized spacial score (nSPS) is 40.1. The Labute approximate surface area is 174 Å². The Morgan fingerprint density at radius 2 is 2.07 bits per heavy atom. The molecule has 0 aromatic carbocycles. The topological polar surface area (TPSA) is 109 Å². The van der Waals surface area contributed by atoms with Crippen molar-refractivity contribution in [3.05, 3.63) is 22.8 Å². The number of hydrogen-bond acceptors (Lipinski definition) is 5. The minimum Gasteiger partial charge on any atom is -0.465 e. The van der Waals surface area contributed by atoms with Crippen molar-refractivity contribution in [1.29, 1.82) is 5.26 Å². The van der Waals surface area contributed by atoms with E-state index in [1.807, 2.05) is 0 Å². The number of pyridine rings is 1. The number of carboxylic acid groups (broad SMARTS) is 1. The van der Waals surface area contributed by atoms with Crippen molar-refractivity contribution in [3.63, 3.8) is 0 Å². The van der Waals surface area contributed by atoms with E-state index in [1.165, 1.54) is 6.20 Å². The monoisotopic (exact) mass is 416 g/mol. The molecular formula is C21H25ClN4O3. The van der Waals surface area contributed by atoms with Crippen LogP contribution < -0.4 is 5.32 Å². The molecule has 5 fully saturated rings. The van der Waals surface area contributed by atoms with E-state index in [0.29, 0.717) is 47.1 Å². The van der Waals surface area contributed by atoms with Crippen LogP contribution in [0.1, 0.15) is 44.1 Å². The quantitative estimate of drug-likeness (QED) is 0.697. The van der Waals surface area contributed by atoms with E-state index < -0.39 is 11.7 Å². The number of nitrogens with one attached hydrogen (secondary N) is 1. The fourth-order valence-electron chi connectivity index (χ4n) is 7.07. The zero-order valence-electron chi connectivity index (χ0n) is 16.1. The van der Waals surface area contributed by atoms with Crippen LogP contribution in [0.2, 0.25) is 5.02 Å². The number of nitrogens with zero attached hydrogens (tertiary/aromatic N) is 3. The lowest BCUT2D eigenvalue weighted by molar-refractivity contribution is -0.162. The molecule has 1 aromatic heterocycles. The van der Waals surface area contributed by atoms with Gasteiger partial charge in [-0.15, -0.1) is 0 Å². The Morgan fingerprint density at radius 1 is 1.34 bits per heavy atom. The zero-order chi connectivity index (χ0) is 20.3. The third-order valence-corrected chi connectivity index (χ3v) is 7.91. The van der Waals surface area contributed by atoms with Crippen molar-refractivity contribution in [1.82, 2.24) is 9.88 Å². The first kappa shape index (κ1) is 19.0. The minimum absolute atomic E-state index is 0.107. The van der Waals surface area contributed by atoms with E-state index in [2.05, 4.69) is 16.4 Å². The lowest BCUT2D eigenvalue weighted by Gasteiger charge is -2.60. The van der Waals surface area contributed by atoms with Gasteiger partial charge in [-0.05, 0) is 68.3 Å². The summed E-state index contributed by atoms with van der Waals surface area (Å²) in [6, 6.07) is 3.42. The SMILES string of the molecule is N#Cc1cc(Cl)cnc1NC1CCN(C(=O)O)[C@@H]1C1C2CC3C[C@H]1CC(O)(C3)C2. The van der Waals surface area contributed by atoms with Crippen LogP contribution in [0.4, 0.5) is 10.6 Å². The summed E-state index contributed by atoms with van der Waals surface area (Å²) in [5.41, 5.74) is -0.182. The molecule has 0 radical (unpaired) electrons. The number of hydrogen-bond donors (Lipinski definition) is 3. The van der Waals surface area contributed by atoms with E-state index in [0.717, 1.165) is 32.1 Å². The van der Waals surface area contributed by atoms with Gasteiger partial charge in [0.05, 0.1) is 28.3 Å². The van der Waals surface area contributed by atoms with Crippen LogP contribution in [0.15, 0.2) is 12.3 Å². The molecule has 1 aliphatic heterocycles. The first-order valence-electron chi connectivity index (χ1n) is 10.4. The van der Waals surface area contributed by atoms with Crippen LogP contribution in [0.3, 0.4) is 0 Å². The van der Waals surface area contributed by atoms with Gasteiger partial charge in [-0.1, -0.05) is 11.6 Å². The summed E-state index contributed by atoms with van der Waals surface area (Å²) in [5.74, 6) is 1.98. The predicted octanol–water partition coefficient (Wildman–Crippen LogP) is 3.33. The summed E-state index contributed by atoms with van der Waals surface area (Å²) in [6.45, 7) is 0.469. The molecule has 6 rings (SSSR count). The number of rotatable bonds is 3. The molecule has 29 heavy (non-hydrogen) atoms. The molecule has 8 heteroatoms. The molecule has 154 valence electrons. The van der Waals surface area contributed by atoms with Gasteiger partial charge in [0.1, 0.15) is 11.9 Å².